The molecule has 0 fully saturated rings. The van der Waals surface area contributed by atoms with E-state index < -0.39 is 11.5 Å². The highest BCUT2D eigenvalue weighted by molar-refractivity contribution is 6.01. The molecular weight excluding hydrogens is 282 g/mol. The number of carbonyl (C=O) groups is 1. The Morgan fingerprint density at radius 3 is 2.68 bits per heavy atom. The number of rotatable bonds is 5. The fourth-order valence-electron chi connectivity index (χ4n) is 2.15. The number of aromatic amines is 1. The summed E-state index contributed by atoms with van der Waals surface area (Å²) in [5.41, 5.74) is -0.316. The summed E-state index contributed by atoms with van der Waals surface area (Å²) in [4.78, 5) is 26.9. The van der Waals surface area contributed by atoms with Crippen molar-refractivity contribution in [1.82, 2.24) is 10.3 Å². The van der Waals surface area contributed by atoms with Gasteiger partial charge in [-0.25, -0.2) is 0 Å². The number of carbonyl (C=O) groups excluding carboxylic acids is 1. The topological polar surface area (TPSA) is 82.2 Å². The molecule has 0 aliphatic rings. The third kappa shape index (κ3) is 3.28. The number of para-hydroxylation sites is 1. The van der Waals surface area contributed by atoms with Crippen molar-refractivity contribution >= 4 is 16.8 Å². The SMILES string of the molecule is CC[N+](C)(C)CCNC(=O)c1c(O)c2ccccc2[nH]c1=O. The van der Waals surface area contributed by atoms with Crippen molar-refractivity contribution in [2.24, 2.45) is 0 Å². The van der Waals surface area contributed by atoms with Gasteiger partial charge in [0.1, 0.15) is 11.3 Å². The summed E-state index contributed by atoms with van der Waals surface area (Å²) >= 11 is 0. The second-order valence-corrected chi connectivity index (χ2v) is 5.95. The van der Waals surface area contributed by atoms with Gasteiger partial charge >= 0.3 is 0 Å². The molecule has 2 aromatic rings. The number of H-pyrrole nitrogens is 1. The lowest BCUT2D eigenvalue weighted by Gasteiger charge is -2.28. The molecular formula is C16H22N3O3+. The van der Waals surface area contributed by atoms with E-state index in [0.29, 0.717) is 17.4 Å². The summed E-state index contributed by atoms with van der Waals surface area (Å²) in [6.45, 7) is 4.19. The van der Waals surface area contributed by atoms with Gasteiger partial charge in [0.2, 0.25) is 0 Å². The van der Waals surface area contributed by atoms with E-state index in [4.69, 9.17) is 0 Å². The Hall–Kier alpha value is -2.34. The summed E-state index contributed by atoms with van der Waals surface area (Å²) < 4.78 is 0.764. The van der Waals surface area contributed by atoms with E-state index in [2.05, 4.69) is 31.3 Å². The van der Waals surface area contributed by atoms with Gasteiger partial charge in [0.25, 0.3) is 11.5 Å². The van der Waals surface area contributed by atoms with Gasteiger partial charge < -0.3 is 19.9 Å². The number of benzene rings is 1. The molecule has 118 valence electrons. The molecule has 0 unspecified atom stereocenters. The largest absolute Gasteiger partial charge is 0.506 e. The van der Waals surface area contributed by atoms with E-state index in [-0.39, 0.29) is 11.3 Å². The highest BCUT2D eigenvalue weighted by Crippen LogP contribution is 2.24. The van der Waals surface area contributed by atoms with Crippen LogP contribution in [-0.2, 0) is 0 Å². The molecule has 1 aromatic carbocycles. The van der Waals surface area contributed by atoms with Gasteiger partial charge in [0, 0.05) is 5.39 Å². The van der Waals surface area contributed by atoms with Crippen molar-refractivity contribution in [3.8, 4) is 5.75 Å². The molecule has 0 saturated heterocycles. The van der Waals surface area contributed by atoms with Gasteiger partial charge in [-0.05, 0) is 19.1 Å². The van der Waals surface area contributed by atoms with E-state index >= 15 is 0 Å². The number of pyridine rings is 1. The van der Waals surface area contributed by atoms with E-state index in [1.807, 2.05) is 0 Å². The minimum absolute atomic E-state index is 0.236. The number of hydrogen-bond acceptors (Lipinski definition) is 3. The van der Waals surface area contributed by atoms with Crippen molar-refractivity contribution in [1.29, 1.82) is 0 Å². The summed E-state index contributed by atoms with van der Waals surface area (Å²) in [5, 5.41) is 13.4. The molecule has 0 atom stereocenters. The Morgan fingerprint density at radius 1 is 1.32 bits per heavy atom. The maximum atomic E-state index is 12.2. The third-order valence-electron chi connectivity index (χ3n) is 3.98. The number of aromatic hydroxyl groups is 1. The summed E-state index contributed by atoms with van der Waals surface area (Å²) in [6, 6.07) is 6.83. The molecule has 0 spiro atoms. The monoisotopic (exact) mass is 304 g/mol. The van der Waals surface area contributed by atoms with E-state index in [0.717, 1.165) is 17.6 Å². The van der Waals surface area contributed by atoms with Crippen molar-refractivity contribution in [2.45, 2.75) is 6.92 Å². The van der Waals surface area contributed by atoms with E-state index in [1.165, 1.54) is 0 Å². The Labute approximate surface area is 129 Å². The zero-order chi connectivity index (χ0) is 16.3. The van der Waals surface area contributed by atoms with Gasteiger partial charge in [0.05, 0.1) is 39.2 Å². The van der Waals surface area contributed by atoms with Crippen LogP contribution >= 0.6 is 0 Å². The predicted octanol–water partition coefficient (Wildman–Crippen LogP) is 1.06. The first kappa shape index (κ1) is 16.0. The molecule has 0 aliphatic carbocycles. The maximum absolute atomic E-state index is 12.2. The average molecular weight is 304 g/mol. The van der Waals surface area contributed by atoms with Crippen molar-refractivity contribution in [2.75, 3.05) is 33.7 Å². The average Bonchev–Trinajstić information content (AvgIpc) is 2.47. The summed E-state index contributed by atoms with van der Waals surface area (Å²) in [6.07, 6.45) is 0. The second-order valence-electron chi connectivity index (χ2n) is 5.95. The highest BCUT2D eigenvalue weighted by atomic mass is 16.3. The number of nitrogens with zero attached hydrogens (tertiary/aromatic N) is 1. The molecule has 6 heteroatoms. The third-order valence-corrected chi connectivity index (χ3v) is 3.98. The number of amides is 1. The first-order valence-corrected chi connectivity index (χ1v) is 7.30. The molecule has 6 nitrogen and oxygen atoms in total. The first-order valence-electron chi connectivity index (χ1n) is 7.30. The lowest BCUT2D eigenvalue weighted by atomic mass is 10.1. The number of nitrogens with one attached hydrogen (secondary N) is 2. The number of aromatic nitrogens is 1. The zero-order valence-corrected chi connectivity index (χ0v) is 13.1. The van der Waals surface area contributed by atoms with E-state index in [1.54, 1.807) is 24.3 Å². The Kier molecular flexibility index (Phi) is 4.51. The normalized spacial score (nSPS) is 11.6. The minimum Gasteiger partial charge on any atom is -0.506 e. The number of fused-ring (bicyclic) bond motifs is 1. The molecule has 1 amide bonds. The second kappa shape index (κ2) is 6.19. The number of hydrogen-bond donors (Lipinski definition) is 3. The number of quaternary nitrogens is 1. The molecule has 1 heterocycles. The van der Waals surface area contributed by atoms with Crippen LogP contribution in [0.4, 0.5) is 0 Å². The molecule has 0 radical (unpaired) electrons. The first-order chi connectivity index (χ1) is 10.4. The zero-order valence-electron chi connectivity index (χ0n) is 13.1. The highest BCUT2D eigenvalue weighted by Gasteiger charge is 2.19. The number of likely N-dealkylation sites (N-methyl/N-ethyl adjacent to an activating group) is 1. The minimum atomic E-state index is -0.585. The quantitative estimate of drug-likeness (QED) is 0.722. The molecule has 0 saturated carbocycles. The standard InChI is InChI=1S/C16H21N3O3/c1-4-19(2,3)10-9-17-15(21)13-14(20)11-7-5-6-8-12(11)18-16(13)22/h5-8H,4,9-10H2,1-3H3,(H2-,17,18,20,21,22)/p+1. The van der Waals surface area contributed by atoms with Crippen LogP contribution in [0.1, 0.15) is 17.3 Å². The fourth-order valence-corrected chi connectivity index (χ4v) is 2.15. The Balaban J connectivity index is 2.23. The molecule has 22 heavy (non-hydrogen) atoms. The fraction of sp³-hybridized carbons (Fsp3) is 0.375. The summed E-state index contributed by atoms with van der Waals surface area (Å²) in [5.74, 6) is -0.832. The van der Waals surface area contributed by atoms with Crippen LogP contribution in [0.2, 0.25) is 0 Å². The lowest BCUT2D eigenvalue weighted by Crippen LogP contribution is -2.45. The molecule has 3 N–H and O–H groups in total. The molecule has 0 bridgehead atoms. The van der Waals surface area contributed by atoms with Crippen LogP contribution in [0.15, 0.2) is 29.1 Å². The van der Waals surface area contributed by atoms with Crippen molar-refractivity contribution in [3.05, 3.63) is 40.2 Å². The van der Waals surface area contributed by atoms with Gasteiger partial charge in [-0.2, -0.15) is 0 Å². The Morgan fingerprint density at radius 2 is 2.00 bits per heavy atom. The van der Waals surface area contributed by atoms with Gasteiger partial charge in [0.15, 0.2) is 0 Å². The summed E-state index contributed by atoms with van der Waals surface area (Å²) in [7, 11) is 4.12. The van der Waals surface area contributed by atoms with Crippen LogP contribution in [0.3, 0.4) is 0 Å². The van der Waals surface area contributed by atoms with Crippen LogP contribution in [0.5, 0.6) is 5.75 Å². The van der Waals surface area contributed by atoms with Gasteiger partial charge in [-0.3, -0.25) is 9.59 Å². The Bertz CT molecular complexity index is 750. The smallest absolute Gasteiger partial charge is 0.265 e. The maximum Gasteiger partial charge on any atom is 0.265 e. The molecule has 2 rings (SSSR count). The van der Waals surface area contributed by atoms with Gasteiger partial charge in [-0.15, -0.1) is 0 Å². The molecule has 1 aromatic heterocycles. The van der Waals surface area contributed by atoms with Crippen molar-refractivity contribution < 1.29 is 14.4 Å². The van der Waals surface area contributed by atoms with Crippen LogP contribution < -0.4 is 10.9 Å². The van der Waals surface area contributed by atoms with Gasteiger partial charge in [-0.1, -0.05) is 12.1 Å². The van der Waals surface area contributed by atoms with Crippen LogP contribution in [0, 0.1) is 0 Å². The molecule has 0 aliphatic heterocycles. The van der Waals surface area contributed by atoms with Crippen LogP contribution in [0.25, 0.3) is 10.9 Å². The van der Waals surface area contributed by atoms with E-state index in [9.17, 15) is 14.7 Å². The van der Waals surface area contributed by atoms with Crippen LogP contribution in [-0.4, -0.2) is 54.2 Å². The lowest BCUT2D eigenvalue weighted by molar-refractivity contribution is -0.887. The predicted molar refractivity (Wildman–Crippen MR) is 86.1 cm³/mol. The van der Waals surface area contributed by atoms with Crippen molar-refractivity contribution in [3.63, 3.8) is 0 Å².